The second kappa shape index (κ2) is 7.99. The summed E-state index contributed by atoms with van der Waals surface area (Å²) in [6.07, 6.45) is 8.19. The minimum Gasteiger partial charge on any atom is -0.489 e. The van der Waals surface area contributed by atoms with Gasteiger partial charge in [-0.05, 0) is 76.1 Å². The largest absolute Gasteiger partial charge is 0.489 e. The van der Waals surface area contributed by atoms with Crippen LogP contribution in [-0.2, 0) is 11.2 Å². The molecule has 0 aromatic heterocycles. The maximum absolute atomic E-state index is 12.3. The van der Waals surface area contributed by atoms with Crippen LogP contribution in [0.2, 0.25) is 0 Å². The van der Waals surface area contributed by atoms with Gasteiger partial charge in [0.25, 0.3) is 0 Å². The number of likely N-dealkylation sites (tertiary alicyclic amines) is 2. The Balaban J connectivity index is 1.26. The molecule has 2 heterocycles. The van der Waals surface area contributed by atoms with Crippen LogP contribution in [0.25, 0.3) is 0 Å². The maximum Gasteiger partial charge on any atom is 0.225 e. The summed E-state index contributed by atoms with van der Waals surface area (Å²) in [6.45, 7) is 6.40. The molecule has 2 atom stereocenters. The van der Waals surface area contributed by atoms with Crippen molar-refractivity contribution in [1.82, 2.24) is 9.80 Å². The Labute approximate surface area is 157 Å². The number of carbonyl (C=O) groups is 1. The predicted molar refractivity (Wildman–Crippen MR) is 103 cm³/mol. The van der Waals surface area contributed by atoms with Gasteiger partial charge in [-0.3, -0.25) is 4.79 Å². The lowest BCUT2D eigenvalue weighted by atomic mass is 10.1. The lowest BCUT2D eigenvalue weighted by Gasteiger charge is -2.33. The van der Waals surface area contributed by atoms with E-state index in [1.807, 2.05) is 4.90 Å². The summed E-state index contributed by atoms with van der Waals surface area (Å²) in [6, 6.07) is 9.34. The number of piperidine rings is 1. The van der Waals surface area contributed by atoms with Gasteiger partial charge in [-0.1, -0.05) is 12.1 Å². The zero-order valence-electron chi connectivity index (χ0n) is 16.0. The Bertz CT molecular complexity index is 611. The molecule has 0 N–H and O–H groups in total. The van der Waals surface area contributed by atoms with Gasteiger partial charge in [0.15, 0.2) is 0 Å². The second-order valence-electron chi connectivity index (χ2n) is 8.36. The maximum atomic E-state index is 12.3. The summed E-state index contributed by atoms with van der Waals surface area (Å²) in [5, 5.41) is 0. The van der Waals surface area contributed by atoms with Gasteiger partial charge in [0, 0.05) is 25.0 Å². The first kappa shape index (κ1) is 17.8. The van der Waals surface area contributed by atoms with E-state index in [0.717, 1.165) is 63.5 Å². The number of amides is 1. The highest BCUT2D eigenvalue weighted by Crippen LogP contribution is 2.32. The van der Waals surface area contributed by atoms with E-state index in [2.05, 4.69) is 36.1 Å². The van der Waals surface area contributed by atoms with Crippen LogP contribution in [0.4, 0.5) is 0 Å². The smallest absolute Gasteiger partial charge is 0.225 e. The van der Waals surface area contributed by atoms with Crippen LogP contribution in [0.15, 0.2) is 24.3 Å². The lowest BCUT2D eigenvalue weighted by molar-refractivity contribution is -0.135. The Morgan fingerprint density at radius 2 is 1.85 bits per heavy atom. The number of carbonyl (C=O) groups excluding carboxylic acids is 1. The normalized spacial score (nSPS) is 26.9. The van der Waals surface area contributed by atoms with Crippen molar-refractivity contribution in [2.45, 2.75) is 64.0 Å². The zero-order valence-corrected chi connectivity index (χ0v) is 16.0. The fourth-order valence-corrected chi connectivity index (χ4v) is 4.35. The highest BCUT2D eigenvalue weighted by atomic mass is 16.5. The van der Waals surface area contributed by atoms with Crippen LogP contribution >= 0.6 is 0 Å². The van der Waals surface area contributed by atoms with Gasteiger partial charge >= 0.3 is 0 Å². The van der Waals surface area contributed by atoms with Crippen molar-refractivity contribution in [2.75, 3.05) is 26.2 Å². The molecule has 142 valence electrons. The number of benzene rings is 1. The molecule has 1 amide bonds. The fraction of sp³-hybridized carbons (Fsp3) is 0.682. The van der Waals surface area contributed by atoms with Crippen molar-refractivity contribution in [3.8, 4) is 5.75 Å². The Hall–Kier alpha value is -1.55. The van der Waals surface area contributed by atoms with Gasteiger partial charge in [0.1, 0.15) is 11.9 Å². The standard InChI is InChI=1S/C22H32N2O2/c1-17-4-2-13-23(17)15-12-18-6-10-20(11-7-18)26-21-5-3-14-24(16-21)22(25)19-8-9-19/h6-7,10-11,17,19,21H,2-5,8-9,12-16H2,1H3/t17-,21+/m1/s1. The molecule has 1 aromatic rings. The van der Waals surface area contributed by atoms with E-state index in [1.54, 1.807) is 0 Å². The first-order valence-corrected chi connectivity index (χ1v) is 10.5. The predicted octanol–water partition coefficient (Wildman–Crippen LogP) is 3.49. The molecule has 1 aromatic carbocycles. The highest BCUT2D eigenvalue weighted by Gasteiger charge is 2.35. The van der Waals surface area contributed by atoms with E-state index in [4.69, 9.17) is 4.74 Å². The van der Waals surface area contributed by atoms with Gasteiger partial charge in [-0.25, -0.2) is 0 Å². The molecule has 4 rings (SSSR count). The van der Waals surface area contributed by atoms with E-state index >= 15 is 0 Å². The molecule has 2 aliphatic heterocycles. The van der Waals surface area contributed by atoms with E-state index in [-0.39, 0.29) is 6.10 Å². The summed E-state index contributed by atoms with van der Waals surface area (Å²) >= 11 is 0. The lowest BCUT2D eigenvalue weighted by Crippen LogP contribution is -2.45. The molecule has 3 aliphatic rings. The van der Waals surface area contributed by atoms with Crippen molar-refractivity contribution >= 4 is 5.91 Å². The molecule has 1 saturated carbocycles. The van der Waals surface area contributed by atoms with Crippen LogP contribution in [0.5, 0.6) is 5.75 Å². The van der Waals surface area contributed by atoms with Crippen LogP contribution in [0.3, 0.4) is 0 Å². The summed E-state index contributed by atoms with van der Waals surface area (Å²) in [5.41, 5.74) is 1.38. The minimum absolute atomic E-state index is 0.141. The second-order valence-corrected chi connectivity index (χ2v) is 8.36. The quantitative estimate of drug-likeness (QED) is 0.782. The Morgan fingerprint density at radius 3 is 2.54 bits per heavy atom. The van der Waals surface area contributed by atoms with Crippen LogP contribution in [0, 0.1) is 5.92 Å². The Kier molecular flexibility index (Phi) is 5.49. The minimum atomic E-state index is 0.141. The van der Waals surface area contributed by atoms with E-state index in [9.17, 15) is 4.79 Å². The summed E-state index contributed by atoms with van der Waals surface area (Å²) in [7, 11) is 0. The van der Waals surface area contributed by atoms with Gasteiger partial charge in [0.05, 0.1) is 6.54 Å². The van der Waals surface area contributed by atoms with Crippen molar-refractivity contribution in [3.05, 3.63) is 29.8 Å². The molecule has 0 spiro atoms. The SMILES string of the molecule is C[C@@H]1CCCN1CCc1ccc(O[C@H]2CCCN(C(=O)C3CC3)C2)cc1. The van der Waals surface area contributed by atoms with Crippen molar-refractivity contribution in [1.29, 1.82) is 0 Å². The molecule has 0 unspecified atom stereocenters. The van der Waals surface area contributed by atoms with E-state index in [1.165, 1.54) is 24.9 Å². The summed E-state index contributed by atoms with van der Waals surface area (Å²) < 4.78 is 6.18. The summed E-state index contributed by atoms with van der Waals surface area (Å²) in [4.78, 5) is 16.9. The van der Waals surface area contributed by atoms with Gasteiger partial charge < -0.3 is 14.5 Å². The number of rotatable bonds is 6. The van der Waals surface area contributed by atoms with E-state index in [0.29, 0.717) is 11.8 Å². The first-order chi connectivity index (χ1) is 12.7. The molecule has 0 radical (unpaired) electrons. The fourth-order valence-electron chi connectivity index (χ4n) is 4.35. The summed E-state index contributed by atoms with van der Waals surface area (Å²) in [5.74, 6) is 1.60. The third kappa shape index (κ3) is 4.40. The van der Waals surface area contributed by atoms with Crippen molar-refractivity contribution in [3.63, 3.8) is 0 Å². The van der Waals surface area contributed by atoms with Crippen LogP contribution < -0.4 is 4.74 Å². The van der Waals surface area contributed by atoms with Crippen LogP contribution in [-0.4, -0.2) is 54.0 Å². The molecule has 3 fully saturated rings. The zero-order chi connectivity index (χ0) is 17.9. The van der Waals surface area contributed by atoms with Gasteiger partial charge in [-0.15, -0.1) is 0 Å². The van der Waals surface area contributed by atoms with Crippen molar-refractivity contribution < 1.29 is 9.53 Å². The van der Waals surface area contributed by atoms with Crippen molar-refractivity contribution in [2.24, 2.45) is 5.92 Å². The molecular weight excluding hydrogens is 324 g/mol. The average Bonchev–Trinajstić information content (AvgIpc) is 3.43. The third-order valence-electron chi connectivity index (χ3n) is 6.22. The highest BCUT2D eigenvalue weighted by molar-refractivity contribution is 5.81. The number of hydrogen-bond acceptors (Lipinski definition) is 3. The molecule has 26 heavy (non-hydrogen) atoms. The van der Waals surface area contributed by atoms with Crippen LogP contribution in [0.1, 0.15) is 51.0 Å². The number of ether oxygens (including phenoxy) is 1. The molecule has 1 aliphatic carbocycles. The molecule has 4 heteroatoms. The molecular formula is C22H32N2O2. The Morgan fingerprint density at radius 1 is 1.08 bits per heavy atom. The third-order valence-corrected chi connectivity index (χ3v) is 6.22. The monoisotopic (exact) mass is 356 g/mol. The topological polar surface area (TPSA) is 32.8 Å². The average molecular weight is 357 g/mol. The molecule has 2 saturated heterocycles. The van der Waals surface area contributed by atoms with E-state index < -0.39 is 0 Å². The molecule has 4 nitrogen and oxygen atoms in total. The molecule has 0 bridgehead atoms. The number of hydrogen-bond donors (Lipinski definition) is 0. The first-order valence-electron chi connectivity index (χ1n) is 10.5. The van der Waals surface area contributed by atoms with Gasteiger partial charge in [-0.2, -0.15) is 0 Å². The van der Waals surface area contributed by atoms with Gasteiger partial charge in [0.2, 0.25) is 5.91 Å². The number of nitrogens with zero attached hydrogens (tertiary/aromatic N) is 2.